The summed E-state index contributed by atoms with van der Waals surface area (Å²) in [4.78, 5) is 14.3. The molecule has 1 heterocycles. The van der Waals surface area contributed by atoms with E-state index in [2.05, 4.69) is 0 Å². The molecule has 0 radical (unpaired) electrons. The molecule has 0 aromatic heterocycles. The van der Waals surface area contributed by atoms with Gasteiger partial charge in [0.05, 0.1) is 6.10 Å². The lowest BCUT2D eigenvalue weighted by Crippen LogP contribution is -2.47. The number of benzene rings is 2. The molecule has 0 unspecified atom stereocenters. The van der Waals surface area contributed by atoms with Crippen LogP contribution in [0.4, 0.5) is 0 Å². The third-order valence-corrected chi connectivity index (χ3v) is 4.55. The highest BCUT2D eigenvalue weighted by molar-refractivity contribution is 5.95. The largest absolute Gasteiger partial charge is 0.508 e. The van der Waals surface area contributed by atoms with Gasteiger partial charge in [0.25, 0.3) is 5.91 Å². The summed E-state index contributed by atoms with van der Waals surface area (Å²) in [6.07, 6.45) is -0.0888. The van der Waals surface area contributed by atoms with E-state index in [4.69, 9.17) is 0 Å². The highest BCUT2D eigenvalue weighted by atomic mass is 16.3. The van der Waals surface area contributed by atoms with Crippen molar-refractivity contribution in [2.45, 2.75) is 12.5 Å². The monoisotopic (exact) mass is 327 g/mol. The lowest BCUT2D eigenvalue weighted by Gasteiger charge is -2.35. The smallest absolute Gasteiger partial charge is 0.253 e. The maximum absolute atomic E-state index is 12.7. The molecule has 0 saturated carbocycles. The van der Waals surface area contributed by atoms with Crippen molar-refractivity contribution in [3.8, 4) is 16.9 Å². The molecule has 24 heavy (non-hydrogen) atoms. The van der Waals surface area contributed by atoms with Crippen molar-refractivity contribution in [3.05, 3.63) is 54.1 Å². The van der Waals surface area contributed by atoms with Gasteiger partial charge in [-0.2, -0.15) is 0 Å². The Kier molecular flexibility index (Phi) is 4.83. The number of phenolic OH excluding ortho intramolecular Hbond substituents is 1. The zero-order valence-electron chi connectivity index (χ0n) is 13.3. The van der Waals surface area contributed by atoms with Crippen LogP contribution in [0, 0.1) is 5.92 Å². The number of β-amino-alcohol motifs (C(OH)–C–C–N with tert-alkyl or cyclic N) is 1. The van der Waals surface area contributed by atoms with E-state index >= 15 is 0 Å². The Labute approximate surface area is 140 Å². The predicted molar refractivity (Wildman–Crippen MR) is 90.6 cm³/mol. The minimum absolute atomic E-state index is 0.0560. The zero-order chi connectivity index (χ0) is 17.1. The molecule has 2 aromatic rings. The zero-order valence-corrected chi connectivity index (χ0v) is 13.3. The second-order valence-electron chi connectivity index (χ2n) is 6.18. The number of carbonyl (C=O) groups is 1. The van der Waals surface area contributed by atoms with Gasteiger partial charge in [-0.15, -0.1) is 0 Å². The topological polar surface area (TPSA) is 81.0 Å². The molecule has 1 aliphatic rings. The molecule has 5 heteroatoms. The first-order chi connectivity index (χ1) is 11.6. The van der Waals surface area contributed by atoms with E-state index in [1.165, 1.54) is 0 Å². The summed E-state index contributed by atoms with van der Waals surface area (Å²) in [7, 11) is 0. The van der Waals surface area contributed by atoms with E-state index in [1.807, 2.05) is 18.2 Å². The number of amides is 1. The minimum atomic E-state index is -0.687. The number of aromatic hydroxyl groups is 1. The van der Waals surface area contributed by atoms with E-state index in [0.717, 1.165) is 11.1 Å². The van der Waals surface area contributed by atoms with Gasteiger partial charge in [-0.1, -0.05) is 24.3 Å². The van der Waals surface area contributed by atoms with Gasteiger partial charge < -0.3 is 20.2 Å². The second kappa shape index (κ2) is 7.03. The Balaban J connectivity index is 1.79. The van der Waals surface area contributed by atoms with Crippen LogP contribution in [-0.2, 0) is 0 Å². The molecule has 1 amide bonds. The Morgan fingerprint density at radius 2 is 1.88 bits per heavy atom. The van der Waals surface area contributed by atoms with Crippen molar-refractivity contribution >= 4 is 5.91 Å². The van der Waals surface area contributed by atoms with Gasteiger partial charge in [0.2, 0.25) is 0 Å². The number of piperidine rings is 1. The summed E-state index contributed by atoms with van der Waals surface area (Å²) in [6, 6.07) is 14.1. The molecule has 0 aliphatic carbocycles. The SMILES string of the molecule is O=C(c1cccc(-c2ccc(O)cc2)c1)N1CC[C@H](CO)[C@H](O)C1. The van der Waals surface area contributed by atoms with Crippen LogP contribution in [0.1, 0.15) is 16.8 Å². The van der Waals surface area contributed by atoms with E-state index in [-0.39, 0.29) is 30.7 Å². The van der Waals surface area contributed by atoms with Crippen LogP contribution >= 0.6 is 0 Å². The molecule has 1 aliphatic heterocycles. The van der Waals surface area contributed by atoms with Crippen molar-refractivity contribution in [1.29, 1.82) is 0 Å². The highest BCUT2D eigenvalue weighted by Gasteiger charge is 2.30. The maximum atomic E-state index is 12.7. The number of hydrogen-bond donors (Lipinski definition) is 3. The number of aliphatic hydroxyl groups is 2. The number of aliphatic hydroxyl groups excluding tert-OH is 2. The second-order valence-corrected chi connectivity index (χ2v) is 6.18. The molecular weight excluding hydrogens is 306 g/mol. The molecule has 5 nitrogen and oxygen atoms in total. The standard InChI is InChI=1S/C19H21NO4/c21-12-16-8-9-20(11-18(16)23)19(24)15-3-1-2-14(10-15)13-4-6-17(22)7-5-13/h1-7,10,16,18,21-23H,8-9,11-12H2/t16-,18-/m1/s1. The van der Waals surface area contributed by atoms with Crippen LogP contribution in [0.25, 0.3) is 11.1 Å². The van der Waals surface area contributed by atoms with Gasteiger partial charge >= 0.3 is 0 Å². The molecular formula is C19H21NO4. The van der Waals surface area contributed by atoms with Gasteiger partial charge in [0.15, 0.2) is 0 Å². The highest BCUT2D eigenvalue weighted by Crippen LogP contribution is 2.24. The van der Waals surface area contributed by atoms with Gasteiger partial charge in [-0.25, -0.2) is 0 Å². The fourth-order valence-electron chi connectivity index (χ4n) is 3.05. The fraction of sp³-hybridized carbons (Fsp3) is 0.316. The molecule has 126 valence electrons. The number of carbonyl (C=O) groups excluding carboxylic acids is 1. The van der Waals surface area contributed by atoms with Crippen LogP contribution in [0.5, 0.6) is 5.75 Å². The quantitative estimate of drug-likeness (QED) is 0.804. The van der Waals surface area contributed by atoms with E-state index in [0.29, 0.717) is 18.5 Å². The molecule has 3 rings (SSSR count). The number of rotatable bonds is 3. The summed E-state index contributed by atoms with van der Waals surface area (Å²) < 4.78 is 0. The van der Waals surface area contributed by atoms with Crippen LogP contribution in [-0.4, -0.2) is 51.9 Å². The van der Waals surface area contributed by atoms with Crippen molar-refractivity contribution in [1.82, 2.24) is 4.90 Å². The number of phenols is 1. The lowest BCUT2D eigenvalue weighted by molar-refractivity contribution is 0.000879. The lowest BCUT2D eigenvalue weighted by atomic mass is 9.94. The average Bonchev–Trinajstić information content (AvgIpc) is 2.61. The first kappa shape index (κ1) is 16.5. The van der Waals surface area contributed by atoms with E-state index < -0.39 is 6.10 Å². The molecule has 1 saturated heterocycles. The maximum Gasteiger partial charge on any atom is 0.253 e. The molecule has 2 aromatic carbocycles. The molecule has 1 fully saturated rings. The molecule has 2 atom stereocenters. The Hall–Kier alpha value is -2.37. The van der Waals surface area contributed by atoms with Crippen LogP contribution < -0.4 is 0 Å². The van der Waals surface area contributed by atoms with Gasteiger partial charge in [-0.3, -0.25) is 4.79 Å². The Bertz CT molecular complexity index is 714. The summed E-state index contributed by atoms with van der Waals surface area (Å²) in [5.41, 5.74) is 2.38. The van der Waals surface area contributed by atoms with Crippen molar-refractivity contribution in [2.75, 3.05) is 19.7 Å². The van der Waals surface area contributed by atoms with Crippen molar-refractivity contribution < 1.29 is 20.1 Å². The molecule has 0 bridgehead atoms. The summed E-state index contributed by atoms with van der Waals surface area (Å²) in [5, 5.41) is 28.6. The Morgan fingerprint density at radius 1 is 1.12 bits per heavy atom. The summed E-state index contributed by atoms with van der Waals surface area (Å²) in [6.45, 7) is 0.720. The van der Waals surface area contributed by atoms with Crippen LogP contribution in [0.15, 0.2) is 48.5 Å². The number of nitrogens with zero attached hydrogens (tertiary/aromatic N) is 1. The van der Waals surface area contributed by atoms with Gasteiger partial charge in [0, 0.05) is 31.2 Å². The first-order valence-corrected chi connectivity index (χ1v) is 8.06. The number of hydrogen-bond acceptors (Lipinski definition) is 4. The third kappa shape index (κ3) is 3.42. The summed E-state index contributed by atoms with van der Waals surface area (Å²) in [5.74, 6) is -0.0739. The van der Waals surface area contributed by atoms with Gasteiger partial charge in [0.1, 0.15) is 5.75 Å². The van der Waals surface area contributed by atoms with Crippen molar-refractivity contribution in [2.24, 2.45) is 5.92 Å². The van der Waals surface area contributed by atoms with Crippen LogP contribution in [0.3, 0.4) is 0 Å². The summed E-state index contributed by atoms with van der Waals surface area (Å²) >= 11 is 0. The van der Waals surface area contributed by atoms with E-state index in [1.54, 1.807) is 35.2 Å². The average molecular weight is 327 g/mol. The van der Waals surface area contributed by atoms with Crippen molar-refractivity contribution in [3.63, 3.8) is 0 Å². The number of likely N-dealkylation sites (tertiary alicyclic amines) is 1. The molecule has 3 N–H and O–H groups in total. The van der Waals surface area contributed by atoms with E-state index in [9.17, 15) is 20.1 Å². The third-order valence-electron chi connectivity index (χ3n) is 4.55. The Morgan fingerprint density at radius 3 is 2.54 bits per heavy atom. The first-order valence-electron chi connectivity index (χ1n) is 8.06. The minimum Gasteiger partial charge on any atom is -0.508 e. The predicted octanol–water partition coefficient (Wildman–Crippen LogP) is 1.87. The van der Waals surface area contributed by atoms with Crippen LogP contribution in [0.2, 0.25) is 0 Å². The fourth-order valence-corrected chi connectivity index (χ4v) is 3.05. The van der Waals surface area contributed by atoms with Gasteiger partial charge in [-0.05, 0) is 41.8 Å². The normalized spacial score (nSPS) is 20.8. The molecule has 0 spiro atoms.